The highest BCUT2D eigenvalue weighted by Crippen LogP contribution is 2.30. The normalized spacial score (nSPS) is 15.8. The van der Waals surface area contributed by atoms with Gasteiger partial charge in [-0.05, 0) is 48.7 Å². The van der Waals surface area contributed by atoms with E-state index < -0.39 is 0 Å². The summed E-state index contributed by atoms with van der Waals surface area (Å²) in [4.78, 5) is 37.5. The number of hydrogen-bond acceptors (Lipinski definition) is 4. The minimum absolute atomic E-state index is 0.00990. The minimum atomic E-state index is -0.301. The summed E-state index contributed by atoms with van der Waals surface area (Å²) in [5, 5.41) is 5.65. The Morgan fingerprint density at radius 3 is 2.79 bits per heavy atom. The van der Waals surface area contributed by atoms with Crippen LogP contribution in [0.3, 0.4) is 0 Å². The van der Waals surface area contributed by atoms with Crippen LogP contribution in [0.2, 0.25) is 0 Å². The molecule has 2 heterocycles. The first-order valence-corrected chi connectivity index (χ1v) is 9.35. The molecule has 2 aliphatic heterocycles. The first-order chi connectivity index (χ1) is 13.6. The summed E-state index contributed by atoms with van der Waals surface area (Å²) in [6.07, 6.45) is 2.46. The molecule has 0 aliphatic carbocycles. The number of amides is 3. The average molecular weight is 379 g/mol. The standard InChI is InChI=1S/C21H21N3O4/c25-19-10-7-14-12-15(8-9-16(14)22-19)28-13-20(26)23-17-4-1-2-5-18(17)24-11-3-6-21(24)27/h1-2,4-5,8-9,12H,3,6-7,10-11,13H2,(H,22,25)(H,23,26). The maximum Gasteiger partial charge on any atom is 0.262 e. The van der Waals surface area contributed by atoms with Gasteiger partial charge in [0.2, 0.25) is 11.8 Å². The van der Waals surface area contributed by atoms with E-state index >= 15 is 0 Å². The summed E-state index contributed by atoms with van der Waals surface area (Å²) in [6.45, 7) is 0.515. The van der Waals surface area contributed by atoms with Crippen molar-refractivity contribution in [2.45, 2.75) is 25.7 Å². The van der Waals surface area contributed by atoms with Gasteiger partial charge in [0.15, 0.2) is 6.61 Å². The molecule has 0 bridgehead atoms. The Morgan fingerprint density at radius 2 is 1.96 bits per heavy atom. The van der Waals surface area contributed by atoms with Crippen LogP contribution >= 0.6 is 0 Å². The second-order valence-corrected chi connectivity index (χ2v) is 6.87. The van der Waals surface area contributed by atoms with Crippen LogP contribution < -0.4 is 20.3 Å². The summed E-state index contributed by atoms with van der Waals surface area (Å²) < 4.78 is 5.61. The van der Waals surface area contributed by atoms with Gasteiger partial charge >= 0.3 is 0 Å². The molecular weight excluding hydrogens is 358 g/mol. The highest BCUT2D eigenvalue weighted by Gasteiger charge is 2.24. The molecule has 0 spiro atoms. The molecule has 2 N–H and O–H groups in total. The van der Waals surface area contributed by atoms with Crippen LogP contribution in [-0.4, -0.2) is 30.9 Å². The molecule has 1 fully saturated rings. The van der Waals surface area contributed by atoms with Crippen LogP contribution in [0.25, 0.3) is 0 Å². The zero-order valence-electron chi connectivity index (χ0n) is 15.4. The lowest BCUT2D eigenvalue weighted by Crippen LogP contribution is -2.27. The van der Waals surface area contributed by atoms with Crippen molar-refractivity contribution in [2.75, 3.05) is 28.7 Å². The topological polar surface area (TPSA) is 87.7 Å². The lowest BCUT2D eigenvalue weighted by Gasteiger charge is -2.20. The third-order valence-electron chi connectivity index (χ3n) is 4.88. The predicted octanol–water partition coefficient (Wildman–Crippen LogP) is 2.72. The maximum atomic E-state index is 12.4. The van der Waals surface area contributed by atoms with Gasteiger partial charge in [0.05, 0.1) is 11.4 Å². The molecule has 0 saturated carbocycles. The lowest BCUT2D eigenvalue weighted by atomic mass is 10.0. The fraction of sp³-hybridized carbons (Fsp3) is 0.286. The number of nitrogens with zero attached hydrogens (tertiary/aromatic N) is 1. The Labute approximate surface area is 162 Å². The van der Waals surface area contributed by atoms with E-state index in [9.17, 15) is 14.4 Å². The molecule has 4 rings (SSSR count). The Hall–Kier alpha value is -3.35. The molecule has 0 aromatic heterocycles. The van der Waals surface area contributed by atoms with Gasteiger partial charge in [-0.15, -0.1) is 0 Å². The van der Waals surface area contributed by atoms with Gasteiger partial charge in [-0.2, -0.15) is 0 Å². The Balaban J connectivity index is 1.39. The molecule has 0 radical (unpaired) electrons. The lowest BCUT2D eigenvalue weighted by molar-refractivity contribution is -0.118. The van der Waals surface area contributed by atoms with E-state index in [1.165, 1.54) is 0 Å². The first-order valence-electron chi connectivity index (χ1n) is 9.35. The van der Waals surface area contributed by atoms with E-state index in [1.807, 2.05) is 24.3 Å². The van der Waals surface area contributed by atoms with Crippen molar-refractivity contribution in [3.05, 3.63) is 48.0 Å². The molecule has 2 aliphatic rings. The van der Waals surface area contributed by atoms with Gasteiger partial charge in [0, 0.05) is 25.1 Å². The zero-order chi connectivity index (χ0) is 19.5. The van der Waals surface area contributed by atoms with Crippen molar-refractivity contribution in [1.29, 1.82) is 0 Å². The molecule has 7 heteroatoms. The predicted molar refractivity (Wildman–Crippen MR) is 106 cm³/mol. The van der Waals surface area contributed by atoms with Crippen molar-refractivity contribution < 1.29 is 19.1 Å². The first kappa shape index (κ1) is 18.0. The quantitative estimate of drug-likeness (QED) is 0.836. The van der Waals surface area contributed by atoms with E-state index in [2.05, 4.69) is 10.6 Å². The van der Waals surface area contributed by atoms with Crippen molar-refractivity contribution in [2.24, 2.45) is 0 Å². The number of nitrogens with one attached hydrogen (secondary N) is 2. The molecule has 0 atom stereocenters. The number of ether oxygens (including phenoxy) is 1. The smallest absolute Gasteiger partial charge is 0.262 e. The molecule has 0 unspecified atom stereocenters. The van der Waals surface area contributed by atoms with E-state index in [0.717, 1.165) is 17.7 Å². The number of benzene rings is 2. The average Bonchev–Trinajstić information content (AvgIpc) is 3.12. The van der Waals surface area contributed by atoms with Crippen LogP contribution in [-0.2, 0) is 20.8 Å². The summed E-state index contributed by atoms with van der Waals surface area (Å²) in [5.74, 6) is 0.355. The minimum Gasteiger partial charge on any atom is -0.484 e. The third-order valence-corrected chi connectivity index (χ3v) is 4.88. The third kappa shape index (κ3) is 3.83. The summed E-state index contributed by atoms with van der Waals surface area (Å²) in [7, 11) is 0. The Bertz CT molecular complexity index is 941. The van der Waals surface area contributed by atoms with Crippen LogP contribution in [0.1, 0.15) is 24.8 Å². The number of carbonyl (C=O) groups excluding carboxylic acids is 3. The highest BCUT2D eigenvalue weighted by atomic mass is 16.5. The second kappa shape index (κ2) is 7.72. The van der Waals surface area contributed by atoms with E-state index in [-0.39, 0.29) is 24.3 Å². The second-order valence-electron chi connectivity index (χ2n) is 6.87. The molecule has 144 valence electrons. The summed E-state index contributed by atoms with van der Waals surface area (Å²) >= 11 is 0. The fourth-order valence-electron chi connectivity index (χ4n) is 3.50. The van der Waals surface area contributed by atoms with Gasteiger partial charge < -0.3 is 20.3 Å². The van der Waals surface area contributed by atoms with Crippen LogP contribution in [0.15, 0.2) is 42.5 Å². The Morgan fingerprint density at radius 1 is 1.11 bits per heavy atom. The number of para-hydroxylation sites is 2. The Kier molecular flexibility index (Phi) is 4.97. The molecule has 3 amide bonds. The fourth-order valence-corrected chi connectivity index (χ4v) is 3.50. The van der Waals surface area contributed by atoms with Crippen LogP contribution in [0.4, 0.5) is 17.1 Å². The van der Waals surface area contributed by atoms with Crippen molar-refractivity contribution in [3.8, 4) is 5.75 Å². The van der Waals surface area contributed by atoms with E-state index in [1.54, 1.807) is 23.1 Å². The highest BCUT2D eigenvalue weighted by molar-refractivity contribution is 6.02. The van der Waals surface area contributed by atoms with Crippen LogP contribution in [0.5, 0.6) is 5.75 Å². The van der Waals surface area contributed by atoms with Crippen LogP contribution in [0, 0.1) is 0 Å². The SMILES string of the molecule is O=C1CCc2cc(OCC(=O)Nc3ccccc3N3CCCC3=O)ccc2N1. The monoisotopic (exact) mass is 379 g/mol. The van der Waals surface area contributed by atoms with E-state index in [0.29, 0.717) is 42.9 Å². The number of fused-ring (bicyclic) bond motifs is 1. The number of aryl methyl sites for hydroxylation is 1. The van der Waals surface area contributed by atoms with Gasteiger partial charge in [-0.25, -0.2) is 0 Å². The largest absolute Gasteiger partial charge is 0.484 e. The number of rotatable bonds is 5. The molecule has 2 aromatic rings. The van der Waals surface area contributed by atoms with Crippen molar-refractivity contribution in [1.82, 2.24) is 0 Å². The van der Waals surface area contributed by atoms with Gasteiger partial charge in [-0.1, -0.05) is 12.1 Å². The number of hydrogen-bond donors (Lipinski definition) is 2. The summed E-state index contributed by atoms with van der Waals surface area (Å²) in [6, 6.07) is 12.6. The van der Waals surface area contributed by atoms with Crippen molar-refractivity contribution >= 4 is 34.8 Å². The summed E-state index contributed by atoms with van der Waals surface area (Å²) in [5.41, 5.74) is 3.09. The number of carbonyl (C=O) groups is 3. The molecule has 7 nitrogen and oxygen atoms in total. The molecule has 2 aromatic carbocycles. The molecule has 28 heavy (non-hydrogen) atoms. The van der Waals surface area contributed by atoms with Gasteiger partial charge in [0.25, 0.3) is 5.91 Å². The molecule has 1 saturated heterocycles. The van der Waals surface area contributed by atoms with E-state index in [4.69, 9.17) is 4.74 Å². The zero-order valence-corrected chi connectivity index (χ0v) is 15.4. The van der Waals surface area contributed by atoms with Crippen molar-refractivity contribution in [3.63, 3.8) is 0 Å². The van der Waals surface area contributed by atoms with Gasteiger partial charge in [-0.3, -0.25) is 14.4 Å². The number of anilines is 3. The molecular formula is C21H21N3O4. The maximum absolute atomic E-state index is 12.4. The van der Waals surface area contributed by atoms with Gasteiger partial charge in [0.1, 0.15) is 5.75 Å².